The van der Waals surface area contributed by atoms with Gasteiger partial charge in [0.1, 0.15) is 4.60 Å². The van der Waals surface area contributed by atoms with E-state index in [1.165, 1.54) is 44.9 Å². The second-order valence-corrected chi connectivity index (χ2v) is 7.79. The largest absolute Gasteiger partial charge is 0.491 e. The predicted octanol–water partition coefficient (Wildman–Crippen LogP) is 6.68. The van der Waals surface area contributed by atoms with Gasteiger partial charge in [-0.1, -0.05) is 58.8 Å². The van der Waals surface area contributed by atoms with Crippen LogP contribution in [0.15, 0.2) is 9.21 Å². The Bertz CT molecular complexity index is 448. The standard InChI is InChI=1S/C17H30Br2N2O/c1-5-7-9-10-11-13-17(3,12-8-6-2)21-16(19)14(22-4)15(18)20-21/h5-13H2,1-4H3. The van der Waals surface area contributed by atoms with E-state index in [9.17, 15) is 0 Å². The highest BCUT2D eigenvalue weighted by Crippen LogP contribution is 2.39. The molecule has 0 aromatic carbocycles. The van der Waals surface area contributed by atoms with Gasteiger partial charge >= 0.3 is 0 Å². The first kappa shape index (κ1) is 20.0. The third kappa shape index (κ3) is 5.26. The Labute approximate surface area is 152 Å². The molecule has 1 rings (SSSR count). The summed E-state index contributed by atoms with van der Waals surface area (Å²) in [4.78, 5) is 0. The van der Waals surface area contributed by atoms with Gasteiger partial charge in [-0.2, -0.15) is 5.10 Å². The zero-order valence-electron chi connectivity index (χ0n) is 14.4. The summed E-state index contributed by atoms with van der Waals surface area (Å²) in [5.74, 6) is 0.786. The molecular weight excluding hydrogens is 408 g/mol. The zero-order valence-corrected chi connectivity index (χ0v) is 17.6. The maximum absolute atomic E-state index is 5.44. The van der Waals surface area contributed by atoms with Crippen LogP contribution in [-0.2, 0) is 5.54 Å². The van der Waals surface area contributed by atoms with Crippen molar-refractivity contribution in [3.8, 4) is 5.75 Å². The number of hydrogen-bond donors (Lipinski definition) is 0. The lowest BCUT2D eigenvalue weighted by Crippen LogP contribution is -2.31. The second-order valence-electron chi connectivity index (χ2n) is 6.29. The molecule has 1 heterocycles. The van der Waals surface area contributed by atoms with E-state index in [0.29, 0.717) is 0 Å². The zero-order chi connectivity index (χ0) is 16.6. The topological polar surface area (TPSA) is 27.1 Å². The average molecular weight is 438 g/mol. The Morgan fingerprint density at radius 3 is 2.14 bits per heavy atom. The Morgan fingerprint density at radius 2 is 1.59 bits per heavy atom. The summed E-state index contributed by atoms with van der Waals surface area (Å²) >= 11 is 7.17. The van der Waals surface area contributed by atoms with Crippen LogP contribution in [0.5, 0.6) is 5.75 Å². The van der Waals surface area contributed by atoms with Crippen LogP contribution in [0.25, 0.3) is 0 Å². The second kappa shape index (κ2) is 9.96. The van der Waals surface area contributed by atoms with E-state index >= 15 is 0 Å². The number of ether oxygens (including phenoxy) is 1. The minimum atomic E-state index is 0.0420. The summed E-state index contributed by atoms with van der Waals surface area (Å²) < 4.78 is 9.27. The maximum atomic E-state index is 5.44. The number of unbranched alkanes of at least 4 members (excludes halogenated alkanes) is 5. The normalized spacial score (nSPS) is 14.1. The molecule has 1 unspecified atom stereocenters. The van der Waals surface area contributed by atoms with E-state index < -0.39 is 0 Å². The van der Waals surface area contributed by atoms with Crippen molar-refractivity contribution in [3.63, 3.8) is 0 Å². The van der Waals surface area contributed by atoms with E-state index in [0.717, 1.165) is 27.8 Å². The van der Waals surface area contributed by atoms with E-state index in [1.54, 1.807) is 7.11 Å². The molecular formula is C17H30Br2N2O. The van der Waals surface area contributed by atoms with Crippen LogP contribution in [0.3, 0.4) is 0 Å². The molecule has 0 bridgehead atoms. The molecule has 5 heteroatoms. The number of halogens is 2. The first-order valence-corrected chi connectivity index (χ1v) is 10.1. The number of hydrogen-bond acceptors (Lipinski definition) is 2. The van der Waals surface area contributed by atoms with Crippen molar-refractivity contribution in [2.24, 2.45) is 0 Å². The highest BCUT2D eigenvalue weighted by Gasteiger charge is 2.31. The molecule has 128 valence electrons. The SMILES string of the molecule is CCCCCCCC(C)(CCCC)n1nc(Br)c(OC)c1Br. The number of rotatable bonds is 11. The lowest BCUT2D eigenvalue weighted by Gasteiger charge is -2.31. The molecule has 0 amide bonds. The Balaban J connectivity index is 2.86. The van der Waals surface area contributed by atoms with Crippen molar-refractivity contribution >= 4 is 31.9 Å². The van der Waals surface area contributed by atoms with Gasteiger partial charge < -0.3 is 4.74 Å². The molecule has 22 heavy (non-hydrogen) atoms. The van der Waals surface area contributed by atoms with Crippen LogP contribution >= 0.6 is 31.9 Å². The van der Waals surface area contributed by atoms with Crippen LogP contribution < -0.4 is 4.74 Å². The monoisotopic (exact) mass is 436 g/mol. The van der Waals surface area contributed by atoms with Gasteiger partial charge in [0.2, 0.25) is 0 Å². The fourth-order valence-corrected chi connectivity index (χ4v) is 4.52. The van der Waals surface area contributed by atoms with Crippen molar-refractivity contribution in [2.45, 2.75) is 84.1 Å². The molecule has 0 radical (unpaired) electrons. The van der Waals surface area contributed by atoms with E-state index in [-0.39, 0.29) is 5.54 Å². The minimum Gasteiger partial charge on any atom is -0.491 e. The van der Waals surface area contributed by atoms with Gasteiger partial charge in [0.05, 0.1) is 12.6 Å². The number of aromatic nitrogens is 2. The van der Waals surface area contributed by atoms with Gasteiger partial charge in [0.15, 0.2) is 10.4 Å². The third-order valence-electron chi connectivity index (χ3n) is 4.35. The van der Waals surface area contributed by atoms with Crippen molar-refractivity contribution in [3.05, 3.63) is 9.21 Å². The predicted molar refractivity (Wildman–Crippen MR) is 101 cm³/mol. The van der Waals surface area contributed by atoms with Gasteiger partial charge in [-0.15, -0.1) is 0 Å². The van der Waals surface area contributed by atoms with Gasteiger partial charge in [0.25, 0.3) is 0 Å². The lowest BCUT2D eigenvalue weighted by atomic mass is 9.88. The molecule has 0 N–H and O–H groups in total. The molecule has 3 nitrogen and oxygen atoms in total. The summed E-state index contributed by atoms with van der Waals surface area (Å²) in [6.07, 6.45) is 11.3. The Hall–Kier alpha value is -0.0300. The highest BCUT2D eigenvalue weighted by molar-refractivity contribution is 9.11. The first-order valence-electron chi connectivity index (χ1n) is 8.48. The maximum Gasteiger partial charge on any atom is 0.185 e. The minimum absolute atomic E-state index is 0.0420. The van der Waals surface area contributed by atoms with Gasteiger partial charge in [-0.25, -0.2) is 4.68 Å². The lowest BCUT2D eigenvalue weighted by molar-refractivity contribution is 0.223. The number of methoxy groups -OCH3 is 1. The summed E-state index contributed by atoms with van der Waals surface area (Å²) in [6.45, 7) is 6.83. The Morgan fingerprint density at radius 1 is 1.00 bits per heavy atom. The third-order valence-corrected chi connectivity index (χ3v) is 5.57. The fraction of sp³-hybridized carbons (Fsp3) is 0.824. The van der Waals surface area contributed by atoms with E-state index in [1.807, 2.05) is 0 Å². The molecule has 0 aliphatic heterocycles. The first-order chi connectivity index (χ1) is 10.5. The van der Waals surface area contributed by atoms with Crippen molar-refractivity contribution in [2.75, 3.05) is 7.11 Å². The Kier molecular flexibility index (Phi) is 9.07. The quantitative estimate of drug-likeness (QED) is 0.361. The van der Waals surface area contributed by atoms with Crippen molar-refractivity contribution < 1.29 is 4.74 Å². The van der Waals surface area contributed by atoms with E-state index in [4.69, 9.17) is 4.74 Å². The molecule has 0 fully saturated rings. The molecule has 1 aromatic rings. The van der Waals surface area contributed by atoms with Crippen LogP contribution in [-0.4, -0.2) is 16.9 Å². The van der Waals surface area contributed by atoms with Crippen LogP contribution in [0.2, 0.25) is 0 Å². The summed E-state index contributed by atoms with van der Waals surface area (Å²) in [6, 6.07) is 0. The molecule has 1 atom stereocenters. The smallest absolute Gasteiger partial charge is 0.185 e. The van der Waals surface area contributed by atoms with Gasteiger partial charge in [-0.05, 0) is 51.6 Å². The summed E-state index contributed by atoms with van der Waals surface area (Å²) in [7, 11) is 1.69. The van der Waals surface area contributed by atoms with Crippen molar-refractivity contribution in [1.82, 2.24) is 9.78 Å². The van der Waals surface area contributed by atoms with E-state index in [2.05, 4.69) is 62.4 Å². The highest BCUT2D eigenvalue weighted by atomic mass is 79.9. The molecule has 0 aliphatic carbocycles. The number of nitrogens with zero attached hydrogens (tertiary/aromatic N) is 2. The van der Waals surface area contributed by atoms with Crippen molar-refractivity contribution in [1.29, 1.82) is 0 Å². The van der Waals surface area contributed by atoms with Crippen LogP contribution in [0.4, 0.5) is 0 Å². The van der Waals surface area contributed by atoms with Crippen LogP contribution in [0.1, 0.15) is 78.6 Å². The molecule has 0 saturated carbocycles. The average Bonchev–Trinajstić information content (AvgIpc) is 2.80. The molecule has 0 saturated heterocycles. The summed E-state index contributed by atoms with van der Waals surface area (Å²) in [5.41, 5.74) is 0.0420. The van der Waals surface area contributed by atoms with Gasteiger partial charge in [-0.3, -0.25) is 0 Å². The summed E-state index contributed by atoms with van der Waals surface area (Å²) in [5, 5.41) is 4.68. The van der Waals surface area contributed by atoms with Gasteiger partial charge in [0, 0.05) is 0 Å². The molecule has 0 aliphatic rings. The van der Waals surface area contributed by atoms with Crippen LogP contribution in [0, 0.1) is 0 Å². The molecule has 1 aromatic heterocycles. The molecule has 0 spiro atoms. The fourth-order valence-electron chi connectivity index (χ4n) is 2.89.